The molecule has 0 amide bonds. The van der Waals surface area contributed by atoms with Crippen molar-refractivity contribution in [2.75, 3.05) is 13.1 Å². The Kier molecular flexibility index (Phi) is 4.93. The second-order valence-corrected chi connectivity index (χ2v) is 6.64. The van der Waals surface area contributed by atoms with E-state index in [1.807, 2.05) is 12.3 Å². The van der Waals surface area contributed by atoms with Crippen LogP contribution in [0, 0.1) is 5.82 Å². The van der Waals surface area contributed by atoms with Gasteiger partial charge in [0, 0.05) is 31.4 Å². The van der Waals surface area contributed by atoms with Crippen molar-refractivity contribution >= 4 is 0 Å². The van der Waals surface area contributed by atoms with Crippen molar-refractivity contribution in [3.63, 3.8) is 0 Å². The number of likely N-dealkylation sites (tertiary alicyclic amines) is 1. The van der Waals surface area contributed by atoms with Crippen molar-refractivity contribution in [3.8, 4) is 5.75 Å². The lowest BCUT2D eigenvalue weighted by Crippen LogP contribution is -2.19. The maximum atomic E-state index is 12.9. The summed E-state index contributed by atoms with van der Waals surface area (Å²) in [6.45, 7) is 3.38. The van der Waals surface area contributed by atoms with E-state index in [4.69, 9.17) is 4.74 Å². The minimum atomic E-state index is -0.266. The molecule has 5 nitrogen and oxygen atoms in total. The Hall–Kier alpha value is -2.73. The topological polar surface area (TPSA) is 54.0 Å². The van der Waals surface area contributed by atoms with Crippen LogP contribution in [-0.2, 0) is 13.2 Å². The number of aromatic nitrogens is 3. The van der Waals surface area contributed by atoms with E-state index in [2.05, 4.69) is 32.2 Å². The maximum Gasteiger partial charge on any atom is 0.130 e. The number of aromatic amines is 1. The molecular weight excluding hydrogens is 331 g/mol. The lowest BCUT2D eigenvalue weighted by atomic mass is 10.1. The smallest absolute Gasteiger partial charge is 0.130 e. The van der Waals surface area contributed by atoms with E-state index in [0.717, 1.165) is 37.4 Å². The Morgan fingerprint density at radius 2 is 2.12 bits per heavy atom. The Labute approximate surface area is 151 Å². The normalized spacial score (nSPS) is 17.5. The highest BCUT2D eigenvalue weighted by Gasteiger charge is 2.25. The fourth-order valence-electron chi connectivity index (χ4n) is 3.32. The molecule has 0 bridgehead atoms. The van der Waals surface area contributed by atoms with Crippen LogP contribution in [0.25, 0.3) is 0 Å². The molecule has 6 heteroatoms. The number of H-pyrrole nitrogens is 1. The fraction of sp³-hybridized carbons (Fsp3) is 0.300. The minimum Gasteiger partial charge on any atom is -0.487 e. The summed E-state index contributed by atoms with van der Waals surface area (Å²) in [5.74, 6) is 0.812. The van der Waals surface area contributed by atoms with Gasteiger partial charge in [-0.25, -0.2) is 4.39 Å². The van der Waals surface area contributed by atoms with Gasteiger partial charge in [-0.15, -0.1) is 0 Å². The molecule has 1 aromatic carbocycles. The van der Waals surface area contributed by atoms with Crippen LogP contribution in [0.5, 0.6) is 5.75 Å². The zero-order valence-corrected chi connectivity index (χ0v) is 14.4. The molecule has 0 aliphatic carbocycles. The van der Waals surface area contributed by atoms with Gasteiger partial charge in [-0.1, -0.05) is 6.07 Å². The third-order valence-electron chi connectivity index (χ3n) is 4.68. The van der Waals surface area contributed by atoms with Gasteiger partial charge in [-0.2, -0.15) is 5.10 Å². The number of pyridine rings is 1. The first kappa shape index (κ1) is 16.7. The molecule has 0 saturated carbocycles. The van der Waals surface area contributed by atoms with E-state index in [1.54, 1.807) is 18.3 Å². The van der Waals surface area contributed by atoms with E-state index < -0.39 is 0 Å². The van der Waals surface area contributed by atoms with Crippen molar-refractivity contribution in [1.82, 2.24) is 20.1 Å². The summed E-state index contributed by atoms with van der Waals surface area (Å²) < 4.78 is 18.6. The van der Waals surface area contributed by atoms with Gasteiger partial charge in [0.1, 0.15) is 18.2 Å². The van der Waals surface area contributed by atoms with Crippen LogP contribution >= 0.6 is 0 Å². The van der Waals surface area contributed by atoms with Crippen molar-refractivity contribution < 1.29 is 9.13 Å². The Balaban J connectivity index is 1.31. The molecule has 0 spiro atoms. The molecule has 4 rings (SSSR count). The van der Waals surface area contributed by atoms with Crippen LogP contribution in [0.3, 0.4) is 0 Å². The second-order valence-electron chi connectivity index (χ2n) is 6.64. The third kappa shape index (κ3) is 4.08. The molecule has 2 aromatic heterocycles. The first-order valence-electron chi connectivity index (χ1n) is 8.80. The predicted molar refractivity (Wildman–Crippen MR) is 96.2 cm³/mol. The minimum absolute atomic E-state index is 0.266. The number of nitrogens with one attached hydrogen (secondary N) is 1. The van der Waals surface area contributed by atoms with Gasteiger partial charge in [0.15, 0.2) is 0 Å². The van der Waals surface area contributed by atoms with Crippen LogP contribution in [0.4, 0.5) is 4.39 Å². The first-order valence-corrected chi connectivity index (χ1v) is 8.80. The van der Waals surface area contributed by atoms with Crippen LogP contribution in [0.15, 0.2) is 54.9 Å². The molecule has 1 aliphatic rings. The van der Waals surface area contributed by atoms with Gasteiger partial charge >= 0.3 is 0 Å². The summed E-state index contributed by atoms with van der Waals surface area (Å²) in [7, 11) is 0. The molecule has 1 atom stereocenters. The molecule has 1 unspecified atom stereocenters. The number of hydrogen-bond acceptors (Lipinski definition) is 4. The Bertz CT molecular complexity index is 835. The largest absolute Gasteiger partial charge is 0.487 e. The molecule has 1 saturated heterocycles. The maximum absolute atomic E-state index is 12.9. The molecule has 1 fully saturated rings. The van der Waals surface area contributed by atoms with Crippen molar-refractivity contribution in [3.05, 3.63) is 77.6 Å². The molecule has 1 N–H and O–H groups in total. The van der Waals surface area contributed by atoms with E-state index in [0.29, 0.717) is 18.3 Å². The average molecular weight is 352 g/mol. The molecular formula is C20H21FN4O. The number of hydrogen-bond donors (Lipinski definition) is 1. The van der Waals surface area contributed by atoms with E-state index in [9.17, 15) is 4.39 Å². The highest BCUT2D eigenvalue weighted by atomic mass is 19.1. The van der Waals surface area contributed by atoms with Gasteiger partial charge in [0.05, 0.1) is 11.4 Å². The van der Waals surface area contributed by atoms with Crippen molar-refractivity contribution in [1.29, 1.82) is 0 Å². The van der Waals surface area contributed by atoms with Crippen molar-refractivity contribution in [2.45, 2.75) is 25.5 Å². The average Bonchev–Trinajstić information content (AvgIpc) is 3.31. The number of halogens is 1. The van der Waals surface area contributed by atoms with Gasteiger partial charge in [0.25, 0.3) is 0 Å². The van der Waals surface area contributed by atoms with Gasteiger partial charge < -0.3 is 4.74 Å². The van der Waals surface area contributed by atoms with E-state index >= 15 is 0 Å². The monoisotopic (exact) mass is 352 g/mol. The summed E-state index contributed by atoms with van der Waals surface area (Å²) in [6.07, 6.45) is 4.83. The zero-order chi connectivity index (χ0) is 17.8. The van der Waals surface area contributed by atoms with Crippen molar-refractivity contribution in [2.24, 2.45) is 0 Å². The molecule has 1 aliphatic heterocycles. The summed E-state index contributed by atoms with van der Waals surface area (Å²) in [6, 6.07) is 12.2. The van der Waals surface area contributed by atoms with Crippen LogP contribution in [0.2, 0.25) is 0 Å². The summed E-state index contributed by atoms with van der Waals surface area (Å²) in [5.41, 5.74) is 3.25. The zero-order valence-electron chi connectivity index (χ0n) is 14.4. The van der Waals surface area contributed by atoms with Crippen LogP contribution < -0.4 is 4.74 Å². The van der Waals surface area contributed by atoms with Crippen LogP contribution in [0.1, 0.15) is 29.3 Å². The van der Waals surface area contributed by atoms with Gasteiger partial charge in [-0.05, 0) is 54.9 Å². The highest BCUT2D eigenvalue weighted by molar-refractivity contribution is 5.23. The number of rotatable bonds is 6. The summed E-state index contributed by atoms with van der Waals surface area (Å²) in [5, 5.41) is 7.51. The lowest BCUT2D eigenvalue weighted by Gasteiger charge is -2.15. The lowest BCUT2D eigenvalue weighted by molar-refractivity contribution is 0.300. The first-order chi connectivity index (χ1) is 12.8. The fourth-order valence-corrected chi connectivity index (χ4v) is 3.32. The van der Waals surface area contributed by atoms with Crippen LogP contribution in [-0.4, -0.2) is 33.2 Å². The molecule has 134 valence electrons. The molecule has 3 heterocycles. The number of benzene rings is 1. The Morgan fingerprint density at radius 1 is 1.23 bits per heavy atom. The Morgan fingerprint density at radius 3 is 2.92 bits per heavy atom. The SMILES string of the molecule is Fc1ccc(OCc2cc(C3CCN(Cc4cccnc4)C3)n[nH]2)cc1. The molecule has 0 radical (unpaired) electrons. The second kappa shape index (κ2) is 7.66. The molecule has 26 heavy (non-hydrogen) atoms. The molecule has 3 aromatic rings. The third-order valence-corrected chi connectivity index (χ3v) is 4.68. The highest BCUT2D eigenvalue weighted by Crippen LogP contribution is 2.27. The van der Waals surface area contributed by atoms with Gasteiger partial charge in [-0.3, -0.25) is 15.0 Å². The van der Waals surface area contributed by atoms with Gasteiger partial charge in [0.2, 0.25) is 0 Å². The standard InChI is InChI=1S/C20H21FN4O/c21-17-3-5-19(6-4-17)26-14-18-10-20(24-23-18)16-7-9-25(13-16)12-15-2-1-8-22-11-15/h1-6,8,10-11,16H,7,9,12-14H2,(H,23,24). The number of ether oxygens (including phenoxy) is 1. The van der Waals surface area contributed by atoms with E-state index in [1.165, 1.54) is 17.7 Å². The summed E-state index contributed by atoms with van der Waals surface area (Å²) in [4.78, 5) is 6.61. The predicted octanol–water partition coefficient (Wildman–Crippen LogP) is 3.51. The number of nitrogens with zero attached hydrogens (tertiary/aromatic N) is 3. The quantitative estimate of drug-likeness (QED) is 0.738. The summed E-state index contributed by atoms with van der Waals surface area (Å²) >= 11 is 0. The van der Waals surface area contributed by atoms with E-state index in [-0.39, 0.29) is 5.82 Å².